The molecule has 1 amide bonds. The second-order valence-electron chi connectivity index (χ2n) is 17.1. The Labute approximate surface area is 353 Å². The number of pyridine rings is 2. The van der Waals surface area contributed by atoms with E-state index >= 15 is 0 Å². The smallest absolute Gasteiger partial charge is 0.320 e. The number of carbonyl (C=O) groups is 3. The third-order valence-corrected chi connectivity index (χ3v) is 15.1. The summed E-state index contributed by atoms with van der Waals surface area (Å²) < 4.78 is 28.8. The summed E-state index contributed by atoms with van der Waals surface area (Å²) in [6, 6.07) is 13.8. The second-order valence-corrected chi connectivity index (χ2v) is 19.1. The van der Waals surface area contributed by atoms with Crippen molar-refractivity contribution in [2.45, 2.75) is 121 Å². The summed E-state index contributed by atoms with van der Waals surface area (Å²) in [7, 11) is -3.50. The van der Waals surface area contributed by atoms with Gasteiger partial charge in [-0.3, -0.25) is 24.2 Å². The van der Waals surface area contributed by atoms with Crippen molar-refractivity contribution in [3.63, 3.8) is 0 Å². The number of carboxylic acids is 2. The number of anilines is 2. The molecule has 324 valence electrons. The molecule has 2 aromatic heterocycles. The zero-order valence-corrected chi connectivity index (χ0v) is 35.8. The van der Waals surface area contributed by atoms with E-state index in [1.807, 2.05) is 21.9 Å². The number of fused-ring (bicyclic) bond motifs is 2. The van der Waals surface area contributed by atoms with Gasteiger partial charge in [-0.05, 0) is 139 Å². The standard InChI is InChI=1S/C44H60N8O7S/c1-27-6-7-30(26-45-42(53)33-16-21-51(22-17-33)28(2)43(54)55)25-36(27)37-13-9-32-11-15-39(50-41(32)48-37)38-14-10-31-8-12-34(47-40(31)49-38)5-4-20-46-60(58,59)35-18-23-52(24-19-35)29(3)44(56)57/h6-9,12-13,25,28-29,33,35,38-39,46H,4-5,10-11,14-24,26H2,1-3H3,(H,45,53)(H,47,49)(H,48,50)(H,54,55)(H,56,57). The first-order chi connectivity index (χ1) is 28.8. The van der Waals surface area contributed by atoms with Gasteiger partial charge < -0.3 is 26.2 Å². The van der Waals surface area contributed by atoms with Crippen LogP contribution in [0.4, 0.5) is 11.6 Å². The monoisotopic (exact) mass is 844 g/mol. The first-order valence-corrected chi connectivity index (χ1v) is 23.1. The van der Waals surface area contributed by atoms with Gasteiger partial charge >= 0.3 is 11.9 Å². The highest BCUT2D eigenvalue weighted by Gasteiger charge is 2.34. The summed E-state index contributed by atoms with van der Waals surface area (Å²) in [6.45, 7) is 8.22. The van der Waals surface area contributed by atoms with Crippen LogP contribution in [-0.4, -0.2) is 118 Å². The maximum atomic E-state index is 13.1. The van der Waals surface area contributed by atoms with E-state index < -0.39 is 39.3 Å². The van der Waals surface area contributed by atoms with Crippen LogP contribution < -0.4 is 20.7 Å². The first kappa shape index (κ1) is 43.4. The van der Waals surface area contributed by atoms with E-state index in [0.29, 0.717) is 77.8 Å². The van der Waals surface area contributed by atoms with Crippen LogP contribution in [0.5, 0.6) is 0 Å². The third-order valence-electron chi connectivity index (χ3n) is 13.2. The fourth-order valence-electron chi connectivity index (χ4n) is 9.11. The summed E-state index contributed by atoms with van der Waals surface area (Å²) in [5, 5.41) is 28.7. The van der Waals surface area contributed by atoms with Crippen molar-refractivity contribution >= 4 is 39.5 Å². The van der Waals surface area contributed by atoms with Gasteiger partial charge in [0.2, 0.25) is 15.9 Å². The molecule has 4 aliphatic heterocycles. The first-order valence-electron chi connectivity index (χ1n) is 21.6. The van der Waals surface area contributed by atoms with Gasteiger partial charge in [0, 0.05) is 55.4 Å². The molecule has 4 unspecified atom stereocenters. The highest BCUT2D eigenvalue weighted by molar-refractivity contribution is 7.90. The molecule has 0 aliphatic carbocycles. The van der Waals surface area contributed by atoms with Crippen molar-refractivity contribution in [2.24, 2.45) is 5.92 Å². The molecule has 7 rings (SSSR count). The Morgan fingerprint density at radius 1 is 0.800 bits per heavy atom. The Kier molecular flexibility index (Phi) is 13.7. The maximum absolute atomic E-state index is 13.1. The van der Waals surface area contributed by atoms with Crippen molar-refractivity contribution < 1.29 is 33.0 Å². The predicted molar refractivity (Wildman–Crippen MR) is 230 cm³/mol. The maximum Gasteiger partial charge on any atom is 0.320 e. The molecule has 2 saturated heterocycles. The van der Waals surface area contributed by atoms with Gasteiger partial charge in [-0.25, -0.2) is 23.1 Å². The molecule has 15 nitrogen and oxygen atoms in total. The molecule has 0 spiro atoms. The molecule has 6 N–H and O–H groups in total. The van der Waals surface area contributed by atoms with E-state index in [2.05, 4.69) is 57.9 Å². The Morgan fingerprint density at radius 3 is 2.00 bits per heavy atom. The van der Waals surface area contributed by atoms with Crippen LogP contribution in [-0.2, 0) is 50.2 Å². The number of hydrogen-bond acceptors (Lipinski definition) is 11. The summed E-state index contributed by atoms with van der Waals surface area (Å²) >= 11 is 0. The number of nitrogens with zero attached hydrogens (tertiary/aromatic N) is 4. The van der Waals surface area contributed by atoms with Crippen molar-refractivity contribution in [2.75, 3.05) is 43.4 Å². The minimum Gasteiger partial charge on any atom is -0.480 e. The van der Waals surface area contributed by atoms with Crippen LogP contribution in [0, 0.1) is 12.8 Å². The van der Waals surface area contributed by atoms with E-state index in [9.17, 15) is 33.0 Å². The van der Waals surface area contributed by atoms with Crippen molar-refractivity contribution in [1.82, 2.24) is 29.8 Å². The number of aliphatic carboxylic acids is 2. The number of carbonyl (C=O) groups excluding carboxylic acids is 1. The van der Waals surface area contributed by atoms with E-state index in [1.165, 1.54) is 11.1 Å². The lowest BCUT2D eigenvalue weighted by Gasteiger charge is -2.36. The minimum absolute atomic E-state index is 0.00751. The summed E-state index contributed by atoms with van der Waals surface area (Å²) in [5.74, 6) is -0.0687. The average Bonchev–Trinajstić information content (AvgIpc) is 3.26. The second kappa shape index (κ2) is 19.0. The Morgan fingerprint density at radius 2 is 1.38 bits per heavy atom. The lowest BCUT2D eigenvalue weighted by molar-refractivity contribution is -0.144. The molecule has 60 heavy (non-hydrogen) atoms. The summed E-state index contributed by atoms with van der Waals surface area (Å²) in [5.41, 5.74) is 7.26. The molecule has 3 aromatic rings. The highest BCUT2D eigenvalue weighted by Crippen LogP contribution is 2.33. The normalized spacial score (nSPS) is 21.4. The van der Waals surface area contributed by atoms with Gasteiger partial charge in [0.05, 0.1) is 10.9 Å². The predicted octanol–water partition coefficient (Wildman–Crippen LogP) is 4.20. The summed E-state index contributed by atoms with van der Waals surface area (Å²) in [4.78, 5) is 49.6. The molecule has 2 fully saturated rings. The lowest BCUT2D eigenvalue weighted by Crippen LogP contribution is -2.48. The molecule has 0 bridgehead atoms. The quantitative estimate of drug-likeness (QED) is 0.119. The van der Waals surface area contributed by atoms with E-state index in [4.69, 9.17) is 9.97 Å². The van der Waals surface area contributed by atoms with Crippen molar-refractivity contribution in [3.05, 3.63) is 70.4 Å². The number of aryl methyl sites for hydroxylation is 4. The number of benzene rings is 1. The number of aromatic nitrogens is 2. The Hall–Kier alpha value is -4.64. The zero-order valence-electron chi connectivity index (χ0n) is 35.0. The van der Waals surface area contributed by atoms with Gasteiger partial charge in [-0.15, -0.1) is 0 Å². The van der Waals surface area contributed by atoms with E-state index in [0.717, 1.165) is 65.4 Å². The zero-order chi connectivity index (χ0) is 42.6. The van der Waals surface area contributed by atoms with Crippen LogP contribution in [0.3, 0.4) is 0 Å². The van der Waals surface area contributed by atoms with Crippen molar-refractivity contribution in [1.29, 1.82) is 0 Å². The topological polar surface area (TPSA) is 206 Å². The van der Waals surface area contributed by atoms with Gasteiger partial charge in [-0.1, -0.05) is 24.3 Å². The largest absolute Gasteiger partial charge is 0.480 e. The van der Waals surface area contributed by atoms with Crippen molar-refractivity contribution in [3.8, 4) is 11.3 Å². The SMILES string of the molecule is Cc1ccc(CNC(=O)C2CCN(C(C)C(=O)O)CC2)cc1-c1ccc2c(n1)NC(C1CCc3ccc(CCCNS(=O)(=O)C4CCN(C(C)C(=O)O)CC4)nc3N1)CC2. The number of rotatable bonds is 15. The fourth-order valence-corrected chi connectivity index (χ4v) is 10.6. The highest BCUT2D eigenvalue weighted by atomic mass is 32.2. The fraction of sp³-hybridized carbons (Fsp3) is 0.568. The van der Waals surface area contributed by atoms with Crippen LogP contribution in [0.2, 0.25) is 0 Å². The molecule has 0 saturated carbocycles. The van der Waals surface area contributed by atoms with E-state index in [1.54, 1.807) is 13.8 Å². The van der Waals surface area contributed by atoms with Gasteiger partial charge in [0.1, 0.15) is 23.7 Å². The summed E-state index contributed by atoms with van der Waals surface area (Å²) in [6.07, 6.45) is 7.13. The lowest BCUT2D eigenvalue weighted by atomic mass is 9.89. The molecule has 1 aromatic carbocycles. The van der Waals surface area contributed by atoms with E-state index in [-0.39, 0.29) is 23.9 Å². The van der Waals surface area contributed by atoms with Crippen LogP contribution in [0.1, 0.15) is 86.7 Å². The molecule has 4 atom stereocenters. The minimum atomic E-state index is -3.50. The van der Waals surface area contributed by atoms with Gasteiger partial charge in [-0.2, -0.15) is 0 Å². The molecular weight excluding hydrogens is 785 g/mol. The molecule has 0 radical (unpaired) electrons. The molecule has 16 heteroatoms. The molecule has 4 aliphatic rings. The number of sulfonamides is 1. The Bertz CT molecular complexity index is 2150. The number of piperidine rings is 2. The Balaban J connectivity index is 0.904. The number of amides is 1. The number of hydrogen-bond donors (Lipinski definition) is 6. The van der Waals surface area contributed by atoms with Gasteiger partial charge in [0.25, 0.3) is 0 Å². The van der Waals surface area contributed by atoms with Crippen LogP contribution in [0.25, 0.3) is 11.3 Å². The van der Waals surface area contributed by atoms with Crippen LogP contribution in [0.15, 0.2) is 42.5 Å². The molecule has 6 heterocycles. The van der Waals surface area contributed by atoms with Gasteiger partial charge in [0.15, 0.2) is 0 Å². The average molecular weight is 845 g/mol. The third kappa shape index (κ3) is 10.3. The number of carboxylic acid groups (broad SMARTS) is 2. The number of nitrogens with one attached hydrogen (secondary N) is 4. The molecular formula is C44H60N8O7S. The number of likely N-dealkylation sites (tertiary alicyclic amines) is 2. The van der Waals surface area contributed by atoms with Crippen LogP contribution >= 0.6 is 0 Å².